The number of aromatic nitrogens is 2. The summed E-state index contributed by atoms with van der Waals surface area (Å²) >= 11 is 0. The fourth-order valence-electron chi connectivity index (χ4n) is 1.61. The molecule has 0 saturated carbocycles. The van der Waals surface area contributed by atoms with Gasteiger partial charge in [0.25, 0.3) is 0 Å². The van der Waals surface area contributed by atoms with E-state index in [1.165, 1.54) is 5.69 Å². The Morgan fingerprint density at radius 2 is 2.00 bits per heavy atom. The Morgan fingerprint density at radius 3 is 2.59 bits per heavy atom. The Bertz CT molecular complexity index is 514. The summed E-state index contributed by atoms with van der Waals surface area (Å²) in [6.45, 7) is 4.07. The summed E-state index contributed by atoms with van der Waals surface area (Å²) in [5.41, 5.74) is 4.46. The average molecular weight is 230 g/mol. The number of anilines is 3. The molecule has 1 aromatic carbocycles. The molecule has 0 spiro atoms. The maximum absolute atomic E-state index is 4.24. The van der Waals surface area contributed by atoms with E-state index in [9.17, 15) is 0 Å². The number of hydrogen-bond donors (Lipinski definition) is 2. The van der Waals surface area contributed by atoms with E-state index in [-0.39, 0.29) is 0 Å². The largest absolute Gasteiger partial charge is 0.378 e. The van der Waals surface area contributed by atoms with Crippen LogP contribution < -0.4 is 10.2 Å². The number of aromatic amines is 1. The van der Waals surface area contributed by atoms with E-state index >= 15 is 0 Å². The molecule has 1 heterocycles. The lowest BCUT2D eigenvalue weighted by Gasteiger charge is -2.14. The molecule has 4 heteroatoms. The van der Waals surface area contributed by atoms with E-state index in [0.29, 0.717) is 0 Å². The van der Waals surface area contributed by atoms with Crippen LogP contribution in [-0.4, -0.2) is 24.3 Å². The van der Waals surface area contributed by atoms with Crippen LogP contribution in [0.1, 0.15) is 11.3 Å². The van der Waals surface area contributed by atoms with Crippen molar-refractivity contribution >= 4 is 17.2 Å². The fraction of sp³-hybridized carbons (Fsp3) is 0.308. The second-order valence-electron chi connectivity index (χ2n) is 4.39. The molecule has 0 fully saturated rings. The van der Waals surface area contributed by atoms with E-state index in [0.717, 1.165) is 22.8 Å². The number of rotatable bonds is 3. The van der Waals surface area contributed by atoms with Crippen LogP contribution in [0.4, 0.5) is 17.2 Å². The van der Waals surface area contributed by atoms with Gasteiger partial charge >= 0.3 is 0 Å². The van der Waals surface area contributed by atoms with Crippen molar-refractivity contribution in [3.05, 3.63) is 35.5 Å². The monoisotopic (exact) mass is 230 g/mol. The molecule has 0 saturated heterocycles. The van der Waals surface area contributed by atoms with Gasteiger partial charge < -0.3 is 10.2 Å². The van der Waals surface area contributed by atoms with Crippen molar-refractivity contribution in [1.29, 1.82) is 0 Å². The van der Waals surface area contributed by atoms with E-state index in [4.69, 9.17) is 0 Å². The van der Waals surface area contributed by atoms with Gasteiger partial charge in [-0.15, -0.1) is 0 Å². The van der Waals surface area contributed by atoms with Crippen LogP contribution in [0.5, 0.6) is 0 Å². The second-order valence-corrected chi connectivity index (χ2v) is 4.39. The highest BCUT2D eigenvalue weighted by Crippen LogP contribution is 2.23. The van der Waals surface area contributed by atoms with Gasteiger partial charge in [-0.1, -0.05) is 6.07 Å². The lowest BCUT2D eigenvalue weighted by Crippen LogP contribution is -2.08. The maximum atomic E-state index is 4.24. The molecule has 1 aromatic heterocycles. The predicted octanol–water partition coefficient (Wildman–Crippen LogP) is 2.84. The van der Waals surface area contributed by atoms with Gasteiger partial charge in [-0.05, 0) is 32.0 Å². The zero-order chi connectivity index (χ0) is 12.4. The van der Waals surface area contributed by atoms with Gasteiger partial charge in [-0.2, -0.15) is 5.10 Å². The summed E-state index contributed by atoms with van der Waals surface area (Å²) in [5.74, 6) is 0.887. The molecule has 0 aliphatic heterocycles. The highest BCUT2D eigenvalue weighted by atomic mass is 15.2. The molecule has 2 aromatic rings. The standard InChI is InChI=1S/C13H18N4/c1-9-10(2)15-16-13(9)14-11-6-5-7-12(8-11)17(3)4/h5-8H,1-4H3,(H2,14,15,16). The first kappa shape index (κ1) is 11.5. The smallest absolute Gasteiger partial charge is 0.155 e. The minimum atomic E-state index is 0.887. The Hall–Kier alpha value is -1.97. The Kier molecular flexibility index (Phi) is 3.04. The van der Waals surface area contributed by atoms with Gasteiger partial charge in [0.1, 0.15) is 0 Å². The third kappa shape index (κ3) is 2.41. The Balaban J connectivity index is 2.24. The number of aryl methyl sites for hydroxylation is 1. The first-order valence-electron chi connectivity index (χ1n) is 5.64. The number of nitrogens with one attached hydrogen (secondary N) is 2. The first-order valence-corrected chi connectivity index (χ1v) is 5.64. The van der Waals surface area contributed by atoms with E-state index in [2.05, 4.69) is 39.5 Å². The Labute approximate surface area is 102 Å². The molecule has 0 aliphatic carbocycles. The Morgan fingerprint density at radius 1 is 1.24 bits per heavy atom. The number of nitrogens with zero attached hydrogens (tertiary/aromatic N) is 2. The SMILES string of the molecule is Cc1[nH]nc(Nc2cccc(N(C)C)c2)c1C. The third-order valence-corrected chi connectivity index (χ3v) is 2.88. The number of H-pyrrole nitrogens is 1. The van der Waals surface area contributed by atoms with Crippen LogP contribution >= 0.6 is 0 Å². The van der Waals surface area contributed by atoms with Crippen LogP contribution in [-0.2, 0) is 0 Å². The van der Waals surface area contributed by atoms with Crippen molar-refractivity contribution in [2.75, 3.05) is 24.3 Å². The van der Waals surface area contributed by atoms with E-state index in [1.807, 2.05) is 33.2 Å². The van der Waals surface area contributed by atoms with Gasteiger partial charge in [-0.3, -0.25) is 5.10 Å². The van der Waals surface area contributed by atoms with Gasteiger partial charge in [0, 0.05) is 36.7 Å². The lowest BCUT2D eigenvalue weighted by atomic mass is 10.2. The van der Waals surface area contributed by atoms with Gasteiger partial charge in [0.05, 0.1) is 0 Å². The molecule has 90 valence electrons. The normalized spacial score (nSPS) is 10.4. The summed E-state index contributed by atoms with van der Waals surface area (Å²) in [5, 5.41) is 10.5. The molecular formula is C13H18N4. The van der Waals surface area contributed by atoms with Crippen molar-refractivity contribution in [3.63, 3.8) is 0 Å². The van der Waals surface area contributed by atoms with Crippen molar-refractivity contribution in [3.8, 4) is 0 Å². The van der Waals surface area contributed by atoms with Crippen LogP contribution in [0.25, 0.3) is 0 Å². The molecule has 0 atom stereocenters. The summed E-state index contributed by atoms with van der Waals surface area (Å²) in [4.78, 5) is 2.08. The van der Waals surface area contributed by atoms with E-state index in [1.54, 1.807) is 0 Å². The second kappa shape index (κ2) is 4.49. The summed E-state index contributed by atoms with van der Waals surface area (Å²) in [6.07, 6.45) is 0. The molecule has 0 unspecified atom stereocenters. The molecule has 0 aliphatic rings. The molecule has 2 N–H and O–H groups in total. The highest BCUT2D eigenvalue weighted by Gasteiger charge is 2.05. The average Bonchev–Trinajstić information content (AvgIpc) is 2.61. The van der Waals surface area contributed by atoms with Crippen molar-refractivity contribution in [2.45, 2.75) is 13.8 Å². The summed E-state index contributed by atoms with van der Waals surface area (Å²) < 4.78 is 0. The zero-order valence-electron chi connectivity index (χ0n) is 10.7. The molecule has 2 rings (SSSR count). The maximum Gasteiger partial charge on any atom is 0.155 e. The summed E-state index contributed by atoms with van der Waals surface area (Å²) in [6, 6.07) is 8.25. The van der Waals surface area contributed by atoms with E-state index < -0.39 is 0 Å². The van der Waals surface area contributed by atoms with Crippen molar-refractivity contribution in [2.24, 2.45) is 0 Å². The first-order chi connectivity index (χ1) is 8.08. The van der Waals surface area contributed by atoms with Crippen molar-refractivity contribution < 1.29 is 0 Å². The van der Waals surface area contributed by atoms with Crippen LogP contribution in [0.3, 0.4) is 0 Å². The molecule has 0 amide bonds. The highest BCUT2D eigenvalue weighted by molar-refractivity contribution is 5.64. The van der Waals surface area contributed by atoms with Gasteiger partial charge in [0.15, 0.2) is 5.82 Å². The topological polar surface area (TPSA) is 44.0 Å². The van der Waals surface area contributed by atoms with Crippen LogP contribution in [0.15, 0.2) is 24.3 Å². The van der Waals surface area contributed by atoms with Crippen LogP contribution in [0, 0.1) is 13.8 Å². The minimum absolute atomic E-state index is 0.887. The summed E-state index contributed by atoms with van der Waals surface area (Å²) in [7, 11) is 4.06. The number of hydrogen-bond acceptors (Lipinski definition) is 3. The quantitative estimate of drug-likeness (QED) is 0.852. The zero-order valence-corrected chi connectivity index (χ0v) is 10.7. The lowest BCUT2D eigenvalue weighted by molar-refractivity contribution is 1.05. The number of benzene rings is 1. The molecule has 17 heavy (non-hydrogen) atoms. The van der Waals surface area contributed by atoms with Crippen LogP contribution in [0.2, 0.25) is 0 Å². The fourth-order valence-corrected chi connectivity index (χ4v) is 1.61. The molecule has 0 radical (unpaired) electrons. The van der Waals surface area contributed by atoms with Gasteiger partial charge in [-0.25, -0.2) is 0 Å². The van der Waals surface area contributed by atoms with Gasteiger partial charge in [0.2, 0.25) is 0 Å². The molecule has 4 nitrogen and oxygen atoms in total. The predicted molar refractivity (Wildman–Crippen MR) is 72.1 cm³/mol. The molecular weight excluding hydrogens is 212 g/mol. The van der Waals surface area contributed by atoms with Crippen molar-refractivity contribution in [1.82, 2.24) is 10.2 Å². The third-order valence-electron chi connectivity index (χ3n) is 2.88. The molecule has 0 bridgehead atoms. The minimum Gasteiger partial charge on any atom is -0.378 e.